The van der Waals surface area contributed by atoms with E-state index in [1.165, 1.54) is 6.20 Å². The van der Waals surface area contributed by atoms with Gasteiger partial charge < -0.3 is 5.73 Å². The number of rotatable bonds is 2. The number of hydrogen-bond acceptors (Lipinski definition) is 2. The molecule has 38 valence electrons. The summed E-state index contributed by atoms with van der Waals surface area (Å²) in [5.74, 6) is 0. The van der Waals surface area contributed by atoms with Crippen molar-refractivity contribution in [3.8, 4) is 0 Å². The maximum atomic E-state index is 4.99. The van der Waals surface area contributed by atoms with Crippen LogP contribution in [0, 0.1) is 0 Å². The molecule has 0 radical (unpaired) electrons. The fourth-order valence-electron chi connectivity index (χ4n) is 0.163. The van der Waals surface area contributed by atoms with Crippen LogP contribution in [-0.4, -0.2) is 4.86 Å². The average Bonchev–Trinajstić information content (AvgIpc) is 1.68. The molecule has 0 aliphatic rings. The summed E-state index contributed by atoms with van der Waals surface area (Å²) in [7, 11) is 0. The number of nitrogens with two attached hydrogens (primary N) is 1. The van der Waals surface area contributed by atoms with Crippen LogP contribution in [0.2, 0.25) is 0 Å². The third kappa shape index (κ3) is 3.19. The van der Waals surface area contributed by atoms with Crippen LogP contribution in [0.5, 0.6) is 0 Å². The van der Waals surface area contributed by atoms with Crippen molar-refractivity contribution >= 4 is 17.1 Å². The minimum atomic E-state index is 0.669. The normalized spacial score (nSPS) is 9.14. The van der Waals surface area contributed by atoms with Crippen LogP contribution in [0.1, 0.15) is 0 Å². The summed E-state index contributed by atoms with van der Waals surface area (Å²) in [6, 6.07) is 0. The molecule has 0 spiro atoms. The van der Waals surface area contributed by atoms with Gasteiger partial charge in [-0.25, -0.2) is 0 Å². The van der Waals surface area contributed by atoms with Crippen LogP contribution < -0.4 is 5.73 Å². The molecule has 0 aliphatic carbocycles. The first kappa shape index (κ1) is 6.37. The zero-order valence-corrected chi connectivity index (χ0v) is 4.74. The van der Waals surface area contributed by atoms with E-state index in [2.05, 4.69) is 18.8 Å². The van der Waals surface area contributed by atoms with E-state index in [0.29, 0.717) is 4.86 Å². The van der Waals surface area contributed by atoms with Crippen molar-refractivity contribution in [3.05, 3.63) is 24.9 Å². The predicted octanol–water partition coefficient (Wildman–Crippen LogP) is 1.01. The second-order valence-electron chi connectivity index (χ2n) is 0.966. The van der Waals surface area contributed by atoms with Gasteiger partial charge in [-0.2, -0.15) is 0 Å². The fraction of sp³-hybridized carbons (Fsp3) is 0. The Labute approximate surface area is 48.5 Å². The minimum absolute atomic E-state index is 0.669. The first-order chi connectivity index (χ1) is 3.31. The molecule has 0 saturated heterocycles. The third-order valence-electron chi connectivity index (χ3n) is 0.462. The molecule has 0 aromatic carbocycles. The Kier molecular flexibility index (Phi) is 3.24. The van der Waals surface area contributed by atoms with Gasteiger partial charge in [0.1, 0.15) is 0 Å². The summed E-state index contributed by atoms with van der Waals surface area (Å²) < 4.78 is 0. The molecular weight excluding hydrogens is 106 g/mol. The third-order valence-corrected chi connectivity index (χ3v) is 0.764. The van der Waals surface area contributed by atoms with Gasteiger partial charge in [0, 0.05) is 4.86 Å². The van der Waals surface area contributed by atoms with Crippen LogP contribution in [0.4, 0.5) is 0 Å². The van der Waals surface area contributed by atoms with Crippen molar-refractivity contribution in [2.24, 2.45) is 5.73 Å². The van der Waals surface area contributed by atoms with Crippen molar-refractivity contribution in [1.82, 2.24) is 0 Å². The van der Waals surface area contributed by atoms with E-state index in [-0.39, 0.29) is 0 Å². The van der Waals surface area contributed by atoms with Gasteiger partial charge in [0.05, 0.1) is 0 Å². The highest BCUT2D eigenvalue weighted by Crippen LogP contribution is 1.77. The number of allylic oxidation sites excluding steroid dienone is 2. The molecule has 0 unspecified atom stereocenters. The molecule has 0 amide bonds. The average molecular weight is 113 g/mol. The molecule has 0 heterocycles. The van der Waals surface area contributed by atoms with Gasteiger partial charge in [-0.1, -0.05) is 24.9 Å². The Morgan fingerprint density at radius 1 is 1.71 bits per heavy atom. The Morgan fingerprint density at radius 2 is 2.29 bits per heavy atom. The van der Waals surface area contributed by atoms with Gasteiger partial charge in [-0.15, -0.1) is 0 Å². The molecule has 0 atom stereocenters. The summed E-state index contributed by atoms with van der Waals surface area (Å²) >= 11 is 4.67. The fourth-order valence-corrected chi connectivity index (χ4v) is 0.241. The molecule has 0 saturated carbocycles. The van der Waals surface area contributed by atoms with Crippen LogP contribution in [0.15, 0.2) is 24.9 Å². The first-order valence-corrected chi connectivity index (χ1v) is 2.26. The van der Waals surface area contributed by atoms with Gasteiger partial charge in [-0.05, 0) is 12.3 Å². The van der Waals surface area contributed by atoms with E-state index in [1.54, 1.807) is 12.2 Å². The zero-order chi connectivity index (χ0) is 5.70. The smallest absolute Gasteiger partial charge is 0.0385 e. The number of hydrogen-bond donors (Lipinski definition) is 1. The second-order valence-corrected chi connectivity index (χ2v) is 1.44. The monoisotopic (exact) mass is 113 g/mol. The maximum Gasteiger partial charge on any atom is 0.0385 e. The molecule has 0 aliphatic heterocycles. The molecule has 2 N–H and O–H groups in total. The highest BCUT2D eigenvalue weighted by molar-refractivity contribution is 7.81. The van der Waals surface area contributed by atoms with E-state index < -0.39 is 0 Å². The summed E-state index contributed by atoms with van der Waals surface area (Å²) in [4.78, 5) is 0.669. The summed E-state index contributed by atoms with van der Waals surface area (Å²) in [5.41, 5.74) is 4.99. The summed E-state index contributed by atoms with van der Waals surface area (Å²) in [6.45, 7) is 3.43. The van der Waals surface area contributed by atoms with Crippen molar-refractivity contribution in [2.75, 3.05) is 0 Å². The van der Waals surface area contributed by atoms with Gasteiger partial charge in [-0.3, -0.25) is 0 Å². The van der Waals surface area contributed by atoms with Crippen LogP contribution in [0.25, 0.3) is 0 Å². The molecule has 0 rings (SSSR count). The van der Waals surface area contributed by atoms with E-state index in [4.69, 9.17) is 5.73 Å². The minimum Gasteiger partial charge on any atom is -0.405 e. The molecule has 0 bridgehead atoms. The standard InChI is InChI=1S/C5H7NS/c1-2-5(7)3-4-6/h2-4H,1,6H2/b4-3-. The van der Waals surface area contributed by atoms with Crippen molar-refractivity contribution < 1.29 is 0 Å². The Hall–Kier alpha value is -0.630. The summed E-state index contributed by atoms with van der Waals surface area (Å²) in [6.07, 6.45) is 4.57. The van der Waals surface area contributed by atoms with Gasteiger partial charge >= 0.3 is 0 Å². The lowest BCUT2D eigenvalue weighted by molar-refractivity contribution is 1.62. The van der Waals surface area contributed by atoms with Crippen LogP contribution in [0.3, 0.4) is 0 Å². The molecule has 2 heteroatoms. The molecule has 7 heavy (non-hydrogen) atoms. The SMILES string of the molecule is C=CC(=S)/C=C\N. The highest BCUT2D eigenvalue weighted by Gasteiger charge is 1.72. The van der Waals surface area contributed by atoms with Crippen LogP contribution in [-0.2, 0) is 0 Å². The molecule has 0 aromatic heterocycles. The largest absolute Gasteiger partial charge is 0.405 e. The lowest BCUT2D eigenvalue weighted by Crippen LogP contribution is -1.82. The predicted molar refractivity (Wildman–Crippen MR) is 36.1 cm³/mol. The van der Waals surface area contributed by atoms with Gasteiger partial charge in [0.25, 0.3) is 0 Å². The van der Waals surface area contributed by atoms with Crippen molar-refractivity contribution in [2.45, 2.75) is 0 Å². The van der Waals surface area contributed by atoms with Crippen molar-refractivity contribution in [1.29, 1.82) is 0 Å². The van der Waals surface area contributed by atoms with E-state index in [0.717, 1.165) is 0 Å². The second kappa shape index (κ2) is 3.56. The molecular formula is C5H7NS. The lowest BCUT2D eigenvalue weighted by Gasteiger charge is -1.76. The molecule has 0 aromatic rings. The van der Waals surface area contributed by atoms with Gasteiger partial charge in [0.2, 0.25) is 0 Å². The molecule has 1 nitrogen and oxygen atoms in total. The molecule has 0 fully saturated rings. The van der Waals surface area contributed by atoms with Crippen LogP contribution >= 0.6 is 12.2 Å². The summed E-state index contributed by atoms with van der Waals surface area (Å²) in [5, 5.41) is 0. The van der Waals surface area contributed by atoms with E-state index in [9.17, 15) is 0 Å². The van der Waals surface area contributed by atoms with Crippen molar-refractivity contribution in [3.63, 3.8) is 0 Å². The first-order valence-electron chi connectivity index (χ1n) is 1.86. The zero-order valence-electron chi connectivity index (χ0n) is 3.92. The van der Waals surface area contributed by atoms with E-state index in [1.807, 2.05) is 0 Å². The number of thiocarbonyl (C=S) groups is 1. The lowest BCUT2D eigenvalue weighted by atomic mass is 10.4. The Morgan fingerprint density at radius 3 is 2.43 bits per heavy atom. The Bertz CT molecular complexity index is 105. The highest BCUT2D eigenvalue weighted by atomic mass is 32.1. The topological polar surface area (TPSA) is 26.0 Å². The van der Waals surface area contributed by atoms with E-state index >= 15 is 0 Å². The maximum absolute atomic E-state index is 4.99. The Balaban J connectivity index is 3.58. The van der Waals surface area contributed by atoms with Gasteiger partial charge in [0.15, 0.2) is 0 Å². The quantitative estimate of drug-likeness (QED) is 0.427.